The third-order valence-corrected chi connectivity index (χ3v) is 6.14. The minimum absolute atomic E-state index is 0.0681. The molecule has 0 saturated heterocycles. The van der Waals surface area contributed by atoms with Crippen LogP contribution in [0.2, 0.25) is 0 Å². The van der Waals surface area contributed by atoms with Crippen molar-refractivity contribution >= 4 is 5.91 Å². The van der Waals surface area contributed by atoms with Crippen LogP contribution in [0.5, 0.6) is 0 Å². The fraction of sp³-hybridized carbons (Fsp3) is 0.391. The molecule has 1 aromatic carbocycles. The molecule has 2 aliphatic rings. The van der Waals surface area contributed by atoms with Crippen LogP contribution in [0.3, 0.4) is 0 Å². The molecule has 0 spiro atoms. The smallest absolute Gasteiger partial charge is 0.254 e. The summed E-state index contributed by atoms with van der Waals surface area (Å²) in [5, 5.41) is 4.59. The molecule has 0 atom stereocenters. The van der Waals surface area contributed by atoms with E-state index in [1.807, 2.05) is 38.5 Å². The zero-order chi connectivity index (χ0) is 20.0. The van der Waals surface area contributed by atoms with Crippen LogP contribution in [-0.4, -0.2) is 37.6 Å². The van der Waals surface area contributed by atoms with Crippen LogP contribution >= 0.6 is 0 Å². The van der Waals surface area contributed by atoms with Gasteiger partial charge < -0.3 is 4.90 Å². The number of carbonyl (C=O) groups excluding carboxylic acids is 1. The number of aromatic nitrogens is 4. The van der Waals surface area contributed by atoms with E-state index in [2.05, 4.69) is 27.0 Å². The lowest BCUT2D eigenvalue weighted by atomic mass is 9.99. The topological polar surface area (TPSA) is 63.9 Å². The molecule has 0 unspecified atom stereocenters. The fourth-order valence-electron chi connectivity index (χ4n) is 4.55. The quantitative estimate of drug-likeness (QED) is 0.676. The first-order chi connectivity index (χ1) is 14.1. The first-order valence-electron chi connectivity index (χ1n) is 10.3. The molecule has 3 heterocycles. The number of hydrogen-bond donors (Lipinski definition) is 0. The third kappa shape index (κ3) is 3.33. The van der Waals surface area contributed by atoms with Crippen LogP contribution in [0.25, 0.3) is 22.4 Å². The number of amides is 1. The summed E-state index contributed by atoms with van der Waals surface area (Å²) in [4.78, 5) is 23.4. The highest BCUT2D eigenvalue weighted by molar-refractivity contribution is 5.99. The van der Waals surface area contributed by atoms with Crippen molar-refractivity contribution in [3.63, 3.8) is 0 Å². The Balaban J connectivity index is 1.52. The summed E-state index contributed by atoms with van der Waals surface area (Å²) in [6.45, 7) is 3.53. The molecule has 1 aliphatic carbocycles. The predicted octanol–water partition coefficient (Wildman–Crippen LogP) is 4.09. The van der Waals surface area contributed by atoms with Crippen LogP contribution in [0, 0.1) is 12.8 Å². The number of hydrogen-bond acceptors (Lipinski definition) is 4. The molecule has 29 heavy (non-hydrogen) atoms. The van der Waals surface area contributed by atoms with Gasteiger partial charge in [-0.15, -0.1) is 0 Å². The van der Waals surface area contributed by atoms with Crippen LogP contribution in [0.1, 0.15) is 47.4 Å². The Kier molecular flexibility index (Phi) is 4.42. The van der Waals surface area contributed by atoms with Gasteiger partial charge in [-0.05, 0) is 37.3 Å². The van der Waals surface area contributed by atoms with Gasteiger partial charge in [0.05, 0.1) is 11.9 Å². The van der Waals surface area contributed by atoms with E-state index in [1.165, 1.54) is 25.7 Å². The summed E-state index contributed by atoms with van der Waals surface area (Å²) >= 11 is 0. The van der Waals surface area contributed by atoms with Gasteiger partial charge in [0.25, 0.3) is 5.91 Å². The van der Waals surface area contributed by atoms with Crippen molar-refractivity contribution in [2.75, 3.05) is 7.05 Å². The Morgan fingerprint density at radius 2 is 1.93 bits per heavy atom. The van der Waals surface area contributed by atoms with Crippen LogP contribution in [0.15, 0.2) is 36.8 Å². The molecule has 0 bridgehead atoms. The summed E-state index contributed by atoms with van der Waals surface area (Å²) in [6, 6.07) is 6.06. The Hall–Kier alpha value is -3.02. The predicted molar refractivity (Wildman–Crippen MR) is 111 cm³/mol. The van der Waals surface area contributed by atoms with E-state index in [4.69, 9.17) is 4.98 Å². The summed E-state index contributed by atoms with van der Waals surface area (Å²) in [5.74, 6) is 1.51. The minimum Gasteiger partial charge on any atom is -0.337 e. The van der Waals surface area contributed by atoms with Crippen molar-refractivity contribution < 1.29 is 4.79 Å². The Morgan fingerprint density at radius 3 is 2.76 bits per heavy atom. The average molecular weight is 387 g/mol. The highest BCUT2D eigenvalue weighted by Gasteiger charge is 2.25. The standard InChI is InChI=1S/C23H25N5O/c1-15-24-11-21(19-10-25-28(14-19)12-16-5-3-4-6-16)22(26-15)17-7-8-18-13-27(2)23(29)20(18)9-17/h7-11,14,16H,3-6,12-13H2,1-2H3. The van der Waals surface area contributed by atoms with E-state index in [1.54, 1.807) is 4.90 Å². The monoisotopic (exact) mass is 387 g/mol. The molecular weight excluding hydrogens is 362 g/mol. The van der Waals surface area contributed by atoms with Crippen LogP contribution in [0.4, 0.5) is 0 Å². The van der Waals surface area contributed by atoms with Crippen molar-refractivity contribution in [2.24, 2.45) is 5.92 Å². The normalized spacial score (nSPS) is 16.6. The van der Waals surface area contributed by atoms with Crippen LogP contribution in [-0.2, 0) is 13.1 Å². The molecule has 2 aromatic heterocycles. The lowest BCUT2D eigenvalue weighted by molar-refractivity contribution is 0.0816. The van der Waals surface area contributed by atoms with Gasteiger partial charge >= 0.3 is 0 Å². The number of rotatable bonds is 4. The van der Waals surface area contributed by atoms with E-state index in [0.29, 0.717) is 12.4 Å². The molecule has 6 nitrogen and oxygen atoms in total. The van der Waals surface area contributed by atoms with Crippen molar-refractivity contribution in [1.29, 1.82) is 0 Å². The zero-order valence-corrected chi connectivity index (χ0v) is 16.9. The number of benzene rings is 1. The number of fused-ring (bicyclic) bond motifs is 1. The second kappa shape index (κ2) is 7.10. The molecule has 6 heteroatoms. The molecule has 1 aliphatic heterocycles. The Labute approximate surface area is 170 Å². The molecule has 1 saturated carbocycles. The largest absolute Gasteiger partial charge is 0.337 e. The van der Waals surface area contributed by atoms with E-state index in [0.717, 1.165) is 46.0 Å². The van der Waals surface area contributed by atoms with E-state index in [-0.39, 0.29) is 5.91 Å². The molecule has 1 fully saturated rings. The maximum Gasteiger partial charge on any atom is 0.254 e. The molecule has 5 rings (SSSR count). The van der Waals surface area contributed by atoms with Gasteiger partial charge in [-0.1, -0.05) is 25.0 Å². The van der Waals surface area contributed by atoms with Gasteiger partial charge in [-0.25, -0.2) is 9.97 Å². The third-order valence-electron chi connectivity index (χ3n) is 6.14. The van der Waals surface area contributed by atoms with Gasteiger partial charge in [0.2, 0.25) is 0 Å². The summed E-state index contributed by atoms with van der Waals surface area (Å²) < 4.78 is 2.05. The molecule has 0 radical (unpaired) electrons. The zero-order valence-electron chi connectivity index (χ0n) is 16.9. The van der Waals surface area contributed by atoms with E-state index in [9.17, 15) is 4.79 Å². The SMILES string of the molecule is Cc1ncc(-c2cnn(CC3CCCC3)c2)c(-c2ccc3c(c2)C(=O)N(C)C3)n1. The Bertz CT molecular complexity index is 1080. The maximum absolute atomic E-state index is 12.4. The Morgan fingerprint density at radius 1 is 1.10 bits per heavy atom. The van der Waals surface area contributed by atoms with E-state index >= 15 is 0 Å². The summed E-state index contributed by atoms with van der Waals surface area (Å²) in [6.07, 6.45) is 11.1. The second-order valence-corrected chi connectivity index (χ2v) is 8.31. The molecule has 0 N–H and O–H groups in total. The van der Waals surface area contributed by atoms with Crippen molar-refractivity contribution in [3.8, 4) is 22.4 Å². The number of carbonyl (C=O) groups is 1. The van der Waals surface area contributed by atoms with Gasteiger partial charge in [0.15, 0.2) is 0 Å². The highest BCUT2D eigenvalue weighted by Crippen LogP contribution is 2.33. The lowest BCUT2D eigenvalue weighted by Gasteiger charge is -2.10. The molecule has 148 valence electrons. The van der Waals surface area contributed by atoms with Gasteiger partial charge in [0, 0.05) is 54.8 Å². The fourth-order valence-corrected chi connectivity index (χ4v) is 4.55. The first kappa shape index (κ1) is 18.0. The highest BCUT2D eigenvalue weighted by atomic mass is 16.2. The van der Waals surface area contributed by atoms with E-state index < -0.39 is 0 Å². The average Bonchev–Trinajstić information content (AvgIpc) is 3.45. The second-order valence-electron chi connectivity index (χ2n) is 8.31. The molecule has 1 amide bonds. The van der Waals surface area contributed by atoms with Gasteiger partial charge in [-0.2, -0.15) is 5.10 Å². The number of aryl methyl sites for hydroxylation is 1. The molecular formula is C23H25N5O. The lowest BCUT2D eigenvalue weighted by Crippen LogP contribution is -2.17. The van der Waals surface area contributed by atoms with Crippen molar-refractivity contribution in [1.82, 2.24) is 24.6 Å². The molecule has 3 aromatic rings. The van der Waals surface area contributed by atoms with Crippen molar-refractivity contribution in [2.45, 2.75) is 45.7 Å². The summed E-state index contributed by atoms with van der Waals surface area (Å²) in [5.41, 5.74) is 5.59. The van der Waals surface area contributed by atoms with Crippen LogP contribution < -0.4 is 0 Å². The first-order valence-corrected chi connectivity index (χ1v) is 10.3. The van der Waals surface area contributed by atoms with Gasteiger partial charge in [-0.3, -0.25) is 9.48 Å². The minimum atomic E-state index is 0.0681. The van der Waals surface area contributed by atoms with Crippen molar-refractivity contribution in [3.05, 3.63) is 53.7 Å². The summed E-state index contributed by atoms with van der Waals surface area (Å²) in [7, 11) is 1.83. The van der Waals surface area contributed by atoms with Gasteiger partial charge in [0.1, 0.15) is 5.82 Å². The number of nitrogens with zero attached hydrogens (tertiary/aromatic N) is 5. The maximum atomic E-state index is 12.4.